The molecule has 0 spiro atoms. The Hall–Kier alpha value is -7.22. The molecule has 4 fully saturated rings. The fourth-order valence-electron chi connectivity index (χ4n) is 9.44. The zero-order valence-electron chi connectivity index (χ0n) is 32.3. The van der Waals surface area contributed by atoms with Gasteiger partial charge in [0.2, 0.25) is 0 Å². The summed E-state index contributed by atoms with van der Waals surface area (Å²) in [7, 11) is 0. The van der Waals surface area contributed by atoms with E-state index in [2.05, 4.69) is 44.9 Å². The Morgan fingerprint density at radius 2 is 0.900 bits per heavy atom. The van der Waals surface area contributed by atoms with Crippen LogP contribution in [0.2, 0.25) is 0 Å². The summed E-state index contributed by atoms with van der Waals surface area (Å²) in [5.41, 5.74) is 6.80. The van der Waals surface area contributed by atoms with Gasteiger partial charge in [-0.3, -0.25) is 9.59 Å². The summed E-state index contributed by atoms with van der Waals surface area (Å²) in [6.45, 7) is 0. The zero-order chi connectivity index (χ0) is 41.1. The van der Waals surface area contributed by atoms with Gasteiger partial charge >= 0.3 is 12.2 Å². The van der Waals surface area contributed by atoms with E-state index < -0.39 is 24.3 Å². The lowest BCUT2D eigenvalue weighted by Crippen LogP contribution is -2.44. The number of hydrogen-bond donors (Lipinski definition) is 6. The number of benzene rings is 4. The fraction of sp³-hybridized carbons (Fsp3) is 0.261. The number of hydrogen-bond acceptors (Lipinski definition) is 6. The number of aromatic nitrogens is 4. The second kappa shape index (κ2) is 14.9. The first kappa shape index (κ1) is 37.1. The number of nitrogens with zero attached hydrogens (tertiary/aromatic N) is 4. The summed E-state index contributed by atoms with van der Waals surface area (Å²) >= 11 is 0. The third-order valence-corrected chi connectivity index (χ3v) is 12.6. The molecule has 14 nitrogen and oxygen atoms in total. The van der Waals surface area contributed by atoms with Crippen LogP contribution in [0.1, 0.15) is 72.6 Å². The number of likely N-dealkylation sites (tertiary alicyclic amines) is 2. The van der Waals surface area contributed by atoms with E-state index in [1.807, 2.05) is 46.2 Å². The molecule has 2 aliphatic carbocycles. The molecule has 10 rings (SSSR count). The molecule has 0 radical (unpaired) electrons. The van der Waals surface area contributed by atoms with Crippen molar-refractivity contribution in [1.82, 2.24) is 40.4 Å². The van der Waals surface area contributed by atoms with Crippen LogP contribution < -0.4 is 10.6 Å². The van der Waals surface area contributed by atoms with Gasteiger partial charge in [-0.25, -0.2) is 19.6 Å². The maximum Gasteiger partial charge on any atom is 0.405 e. The molecule has 4 aliphatic rings. The van der Waals surface area contributed by atoms with Crippen molar-refractivity contribution in [2.75, 3.05) is 0 Å². The zero-order valence-corrected chi connectivity index (χ0v) is 32.3. The predicted octanol–water partition coefficient (Wildman–Crippen LogP) is 7.48. The lowest BCUT2D eigenvalue weighted by Gasteiger charge is -2.30. The molecule has 2 saturated heterocycles. The SMILES string of the molecule is O=C(O)N[C@@H](C(=O)N1[C@@H]2CC2C[C@H]1c1ncc(-c2ccc(-c3ccc(-c4cnc([C@@H]5CC6C[C@H]6N5C(=O)[C@H](NC(=O)O)c5ccccc5)[nH]4)cc3)cc2)[nH]1)c1ccccc1. The number of nitrogens with one attached hydrogen (secondary N) is 4. The van der Waals surface area contributed by atoms with Crippen LogP contribution in [0.5, 0.6) is 0 Å². The van der Waals surface area contributed by atoms with E-state index in [4.69, 9.17) is 9.97 Å². The van der Waals surface area contributed by atoms with E-state index in [0.717, 1.165) is 59.3 Å². The number of fused-ring (bicyclic) bond motifs is 2. The molecule has 6 aromatic rings. The summed E-state index contributed by atoms with van der Waals surface area (Å²) in [5, 5.41) is 24.0. The highest BCUT2D eigenvalue weighted by atomic mass is 16.4. The molecule has 14 heteroatoms. The molecule has 4 heterocycles. The fourth-order valence-corrected chi connectivity index (χ4v) is 9.44. The molecule has 4 aromatic carbocycles. The van der Waals surface area contributed by atoms with Gasteiger partial charge in [-0.1, -0.05) is 109 Å². The van der Waals surface area contributed by atoms with Crippen LogP contribution in [-0.4, -0.2) is 76.0 Å². The molecule has 302 valence electrons. The van der Waals surface area contributed by atoms with Crippen LogP contribution in [0.15, 0.2) is 122 Å². The number of piperidine rings is 2. The third kappa shape index (κ3) is 6.93. The van der Waals surface area contributed by atoms with Gasteiger partial charge in [0.25, 0.3) is 11.8 Å². The number of H-pyrrole nitrogens is 2. The Kier molecular flexibility index (Phi) is 9.18. The molecule has 4 amide bonds. The lowest BCUT2D eigenvalue weighted by atomic mass is 10.0. The second-order valence-electron chi connectivity index (χ2n) is 16.2. The molecule has 2 aromatic heterocycles. The molecule has 60 heavy (non-hydrogen) atoms. The number of carboxylic acid groups (broad SMARTS) is 2. The highest BCUT2D eigenvalue weighted by molar-refractivity contribution is 5.89. The Bertz CT molecular complexity index is 2400. The number of imidazole rings is 2. The quantitative estimate of drug-likeness (QED) is 0.0776. The standard InChI is InChI=1S/C46H42N8O6/c55-43(39(51-45(57)58)29-7-3-1-4-8-29)53-35-19-31(35)21-37(53)41-47-23-33(49-41)27-15-11-25(12-16-27)26-13-17-28(18-14-26)34-24-48-42(50-34)38-22-32-20-36(32)54(38)44(56)40(52-46(59)60)30-9-5-2-6-10-30/h1-18,23-24,31-32,35-40,51-52H,19-22H2,(H,47,49)(H,48,50)(H,57,58)(H,59,60)/t31?,32?,35-,36-,37+,38+,39-,40-/m1/s1. The van der Waals surface area contributed by atoms with Crippen LogP contribution >= 0.6 is 0 Å². The average Bonchev–Trinajstić information content (AvgIpc) is 3.85. The minimum atomic E-state index is -1.25. The molecule has 2 saturated carbocycles. The van der Waals surface area contributed by atoms with Crippen LogP contribution in [0.25, 0.3) is 33.6 Å². The van der Waals surface area contributed by atoms with Crippen LogP contribution in [0.4, 0.5) is 9.59 Å². The van der Waals surface area contributed by atoms with Crippen LogP contribution in [0.3, 0.4) is 0 Å². The van der Waals surface area contributed by atoms with Gasteiger partial charge in [0.05, 0.1) is 35.9 Å². The molecular weight excluding hydrogens is 761 g/mol. The van der Waals surface area contributed by atoms with Gasteiger partial charge in [0, 0.05) is 12.1 Å². The third-order valence-electron chi connectivity index (χ3n) is 12.6. The largest absolute Gasteiger partial charge is 0.465 e. The summed E-state index contributed by atoms with van der Waals surface area (Å²) in [4.78, 5) is 71.4. The van der Waals surface area contributed by atoms with Crippen molar-refractivity contribution in [2.24, 2.45) is 11.8 Å². The number of carbonyl (C=O) groups is 4. The lowest BCUT2D eigenvalue weighted by molar-refractivity contribution is -0.136. The van der Waals surface area contributed by atoms with Gasteiger partial charge in [0.15, 0.2) is 0 Å². The normalized spacial score (nSPS) is 23.3. The van der Waals surface area contributed by atoms with Gasteiger partial charge in [-0.2, -0.15) is 0 Å². The van der Waals surface area contributed by atoms with Crippen molar-refractivity contribution >= 4 is 24.0 Å². The van der Waals surface area contributed by atoms with E-state index >= 15 is 0 Å². The van der Waals surface area contributed by atoms with Gasteiger partial charge < -0.3 is 40.6 Å². The van der Waals surface area contributed by atoms with Crippen LogP contribution in [0, 0.1) is 11.8 Å². The first-order chi connectivity index (χ1) is 29.2. The smallest absolute Gasteiger partial charge is 0.405 e. The van der Waals surface area contributed by atoms with Crippen molar-refractivity contribution in [2.45, 2.75) is 61.9 Å². The molecule has 0 bridgehead atoms. The summed E-state index contributed by atoms with van der Waals surface area (Å²) in [5.74, 6) is 1.57. The highest BCUT2D eigenvalue weighted by Gasteiger charge is 2.57. The summed E-state index contributed by atoms with van der Waals surface area (Å²) < 4.78 is 0. The molecular formula is C46H42N8O6. The maximum absolute atomic E-state index is 14.0. The minimum Gasteiger partial charge on any atom is -0.465 e. The molecule has 8 atom stereocenters. The Balaban J connectivity index is 0.818. The topological polar surface area (TPSA) is 197 Å². The van der Waals surface area contributed by atoms with Crippen molar-refractivity contribution in [3.8, 4) is 33.6 Å². The van der Waals surface area contributed by atoms with E-state index in [0.29, 0.717) is 34.6 Å². The second-order valence-corrected chi connectivity index (χ2v) is 16.2. The van der Waals surface area contributed by atoms with E-state index in [1.54, 1.807) is 60.9 Å². The first-order valence-corrected chi connectivity index (χ1v) is 20.2. The van der Waals surface area contributed by atoms with Crippen molar-refractivity contribution in [1.29, 1.82) is 0 Å². The van der Waals surface area contributed by atoms with Crippen LogP contribution in [-0.2, 0) is 9.59 Å². The number of rotatable bonds is 11. The van der Waals surface area contributed by atoms with Gasteiger partial charge in [-0.15, -0.1) is 0 Å². The van der Waals surface area contributed by atoms with Crippen molar-refractivity contribution in [3.63, 3.8) is 0 Å². The molecule has 2 aliphatic heterocycles. The summed E-state index contributed by atoms with van der Waals surface area (Å²) in [6.07, 6.45) is 4.42. The summed E-state index contributed by atoms with van der Waals surface area (Å²) in [6, 6.07) is 31.8. The van der Waals surface area contributed by atoms with E-state index in [1.165, 1.54) is 0 Å². The minimum absolute atomic E-state index is 0.0700. The van der Waals surface area contributed by atoms with E-state index in [-0.39, 0.29) is 36.0 Å². The predicted molar refractivity (Wildman–Crippen MR) is 220 cm³/mol. The Morgan fingerprint density at radius 1 is 0.533 bits per heavy atom. The molecule has 6 N–H and O–H groups in total. The van der Waals surface area contributed by atoms with Gasteiger partial charge in [0.1, 0.15) is 23.7 Å². The molecule has 2 unspecified atom stereocenters. The van der Waals surface area contributed by atoms with Gasteiger partial charge in [-0.05, 0) is 70.9 Å². The first-order valence-electron chi connectivity index (χ1n) is 20.2. The monoisotopic (exact) mass is 802 g/mol. The van der Waals surface area contributed by atoms with Crippen molar-refractivity contribution < 1.29 is 29.4 Å². The number of carbonyl (C=O) groups excluding carboxylic acids is 2. The highest BCUT2D eigenvalue weighted by Crippen LogP contribution is 2.55. The number of aromatic amines is 2. The Labute approximate surface area is 344 Å². The van der Waals surface area contributed by atoms with E-state index in [9.17, 15) is 29.4 Å². The maximum atomic E-state index is 14.0. The average molecular weight is 803 g/mol. The van der Waals surface area contributed by atoms with Crippen molar-refractivity contribution in [3.05, 3.63) is 144 Å². The Morgan fingerprint density at radius 3 is 1.27 bits per heavy atom. The number of amides is 4.